The summed E-state index contributed by atoms with van der Waals surface area (Å²) in [4.78, 5) is 11.8. The van der Waals surface area contributed by atoms with Crippen molar-refractivity contribution in [3.63, 3.8) is 0 Å². The molecule has 1 aliphatic heterocycles. The van der Waals surface area contributed by atoms with Crippen LogP contribution in [0.25, 0.3) is 0 Å². The number of rotatable bonds is 4. The van der Waals surface area contributed by atoms with Gasteiger partial charge in [-0.05, 0) is 28.1 Å². The van der Waals surface area contributed by atoms with Crippen LogP contribution in [0.4, 0.5) is 4.39 Å². The first-order valence-corrected chi connectivity index (χ1v) is 7.38. The fourth-order valence-electron chi connectivity index (χ4n) is 2.42. The second kappa shape index (κ2) is 5.54. The highest BCUT2D eigenvalue weighted by Crippen LogP contribution is 2.24. The van der Waals surface area contributed by atoms with Crippen molar-refractivity contribution in [1.29, 1.82) is 0 Å². The first kappa shape index (κ1) is 14.2. The molecule has 1 aromatic heterocycles. The zero-order valence-electron chi connectivity index (χ0n) is 11.6. The van der Waals surface area contributed by atoms with Crippen molar-refractivity contribution in [2.75, 3.05) is 7.05 Å². The summed E-state index contributed by atoms with van der Waals surface area (Å²) >= 11 is 3.23. The SMILES string of the molecule is C[N+]1(Cc2ccc(F)c(Br)c2)C=CN=C1Cc1ncc[nH]1. The van der Waals surface area contributed by atoms with Gasteiger partial charge in [-0.1, -0.05) is 6.07 Å². The molecule has 2 aromatic rings. The molecule has 1 N–H and O–H groups in total. The summed E-state index contributed by atoms with van der Waals surface area (Å²) in [6, 6.07) is 5.10. The summed E-state index contributed by atoms with van der Waals surface area (Å²) in [7, 11) is 2.09. The second-order valence-electron chi connectivity index (χ2n) is 5.23. The molecular weight excluding hydrogens is 335 g/mol. The summed E-state index contributed by atoms with van der Waals surface area (Å²) in [5.74, 6) is 1.65. The zero-order valence-corrected chi connectivity index (χ0v) is 13.1. The van der Waals surface area contributed by atoms with Crippen LogP contribution in [0.3, 0.4) is 0 Å². The first-order chi connectivity index (χ1) is 10.1. The average molecular weight is 350 g/mol. The lowest BCUT2D eigenvalue weighted by atomic mass is 10.1. The molecule has 0 amide bonds. The zero-order chi connectivity index (χ0) is 14.9. The Morgan fingerprint density at radius 3 is 2.95 bits per heavy atom. The van der Waals surface area contributed by atoms with Gasteiger partial charge in [0.15, 0.2) is 0 Å². The van der Waals surface area contributed by atoms with Gasteiger partial charge in [-0.25, -0.2) is 18.8 Å². The van der Waals surface area contributed by atoms with Crippen LogP contribution in [0.2, 0.25) is 0 Å². The van der Waals surface area contributed by atoms with E-state index in [0.29, 0.717) is 15.4 Å². The van der Waals surface area contributed by atoms with Gasteiger partial charge in [-0.15, -0.1) is 0 Å². The lowest BCUT2D eigenvalue weighted by molar-refractivity contribution is -0.779. The van der Waals surface area contributed by atoms with Gasteiger partial charge in [0.25, 0.3) is 0 Å². The number of halogens is 2. The molecule has 0 fully saturated rings. The van der Waals surface area contributed by atoms with Gasteiger partial charge in [-0.2, -0.15) is 0 Å². The van der Waals surface area contributed by atoms with E-state index >= 15 is 0 Å². The monoisotopic (exact) mass is 349 g/mol. The number of aromatic nitrogens is 2. The molecule has 108 valence electrons. The quantitative estimate of drug-likeness (QED) is 0.844. The van der Waals surface area contributed by atoms with E-state index in [1.165, 1.54) is 6.07 Å². The van der Waals surface area contributed by atoms with Crippen molar-refractivity contribution >= 4 is 21.8 Å². The summed E-state index contributed by atoms with van der Waals surface area (Å²) in [6.07, 6.45) is 8.06. The molecule has 0 radical (unpaired) electrons. The van der Waals surface area contributed by atoms with Crippen LogP contribution < -0.4 is 0 Å². The highest BCUT2D eigenvalue weighted by molar-refractivity contribution is 9.10. The molecule has 3 rings (SSSR count). The fraction of sp³-hybridized carbons (Fsp3) is 0.200. The van der Waals surface area contributed by atoms with Crippen LogP contribution in [-0.2, 0) is 13.0 Å². The van der Waals surface area contributed by atoms with Crippen LogP contribution in [0.5, 0.6) is 0 Å². The third-order valence-electron chi connectivity index (χ3n) is 3.58. The molecule has 1 aromatic carbocycles. The number of quaternary nitrogens is 1. The molecule has 0 saturated heterocycles. The Morgan fingerprint density at radius 1 is 1.38 bits per heavy atom. The number of likely N-dealkylation sites (N-methyl/N-ethyl adjacent to an activating group) is 1. The van der Waals surface area contributed by atoms with E-state index in [4.69, 9.17) is 0 Å². The minimum atomic E-state index is -0.247. The molecule has 1 aliphatic rings. The third-order valence-corrected chi connectivity index (χ3v) is 4.19. The van der Waals surface area contributed by atoms with E-state index in [9.17, 15) is 4.39 Å². The minimum Gasteiger partial charge on any atom is -0.348 e. The van der Waals surface area contributed by atoms with Gasteiger partial charge in [0, 0.05) is 18.0 Å². The van der Waals surface area contributed by atoms with E-state index < -0.39 is 0 Å². The van der Waals surface area contributed by atoms with Crippen molar-refractivity contribution < 1.29 is 8.87 Å². The standard InChI is InChI=1S/C15H15BrFN4/c1-21(10-11-2-3-13(17)12(16)8-11)7-6-20-15(21)9-14-18-4-5-19-14/h2-8H,9-10H2,1H3,(H,18,19)/q+1. The van der Waals surface area contributed by atoms with E-state index in [0.717, 1.165) is 23.8 Å². The van der Waals surface area contributed by atoms with Crippen molar-refractivity contribution in [2.45, 2.75) is 13.0 Å². The molecule has 21 heavy (non-hydrogen) atoms. The number of imidazole rings is 1. The maximum Gasteiger partial charge on any atom is 0.215 e. The Morgan fingerprint density at radius 2 is 2.24 bits per heavy atom. The average Bonchev–Trinajstić information content (AvgIpc) is 3.06. The largest absolute Gasteiger partial charge is 0.348 e. The number of benzene rings is 1. The summed E-state index contributed by atoms with van der Waals surface area (Å²) in [5, 5.41) is 0. The molecule has 2 heterocycles. The van der Waals surface area contributed by atoms with Gasteiger partial charge < -0.3 is 4.98 Å². The summed E-state index contributed by atoms with van der Waals surface area (Å²) < 4.78 is 14.4. The molecule has 0 spiro atoms. The minimum absolute atomic E-state index is 0.247. The van der Waals surface area contributed by atoms with Gasteiger partial charge in [0.1, 0.15) is 30.8 Å². The maximum atomic E-state index is 13.3. The Hall–Kier alpha value is -1.79. The van der Waals surface area contributed by atoms with Gasteiger partial charge in [-0.3, -0.25) is 0 Å². The number of aliphatic imine (C=N–C) groups is 1. The lowest BCUT2D eigenvalue weighted by Crippen LogP contribution is -2.42. The maximum absolute atomic E-state index is 13.3. The van der Waals surface area contributed by atoms with Crippen LogP contribution in [0.1, 0.15) is 11.4 Å². The summed E-state index contributed by atoms with van der Waals surface area (Å²) in [6.45, 7) is 0.717. The van der Waals surface area contributed by atoms with E-state index in [2.05, 4.69) is 37.9 Å². The van der Waals surface area contributed by atoms with Crippen molar-refractivity contribution in [3.05, 3.63) is 64.7 Å². The van der Waals surface area contributed by atoms with Crippen molar-refractivity contribution in [2.24, 2.45) is 4.99 Å². The topological polar surface area (TPSA) is 41.0 Å². The van der Waals surface area contributed by atoms with E-state index in [1.807, 2.05) is 18.5 Å². The molecular formula is C15H15BrFN4+. The molecule has 1 unspecified atom stereocenters. The van der Waals surface area contributed by atoms with E-state index in [1.54, 1.807) is 18.5 Å². The Labute approximate surface area is 130 Å². The molecule has 0 bridgehead atoms. The number of hydrogen-bond donors (Lipinski definition) is 1. The normalized spacial score (nSPS) is 20.8. The van der Waals surface area contributed by atoms with Crippen LogP contribution >= 0.6 is 15.9 Å². The number of H-pyrrole nitrogens is 1. The number of nitrogens with zero attached hydrogens (tertiary/aromatic N) is 3. The van der Waals surface area contributed by atoms with Crippen LogP contribution in [0, 0.1) is 5.82 Å². The molecule has 0 aliphatic carbocycles. The Balaban J connectivity index is 1.80. The van der Waals surface area contributed by atoms with Gasteiger partial charge >= 0.3 is 0 Å². The number of nitrogens with one attached hydrogen (secondary N) is 1. The lowest BCUT2D eigenvalue weighted by Gasteiger charge is -2.27. The highest BCUT2D eigenvalue weighted by Gasteiger charge is 2.31. The Kier molecular flexibility index (Phi) is 3.73. The van der Waals surface area contributed by atoms with Crippen molar-refractivity contribution in [1.82, 2.24) is 9.97 Å². The predicted molar refractivity (Wildman–Crippen MR) is 82.9 cm³/mol. The van der Waals surface area contributed by atoms with Crippen LogP contribution in [0.15, 0.2) is 52.5 Å². The fourth-order valence-corrected chi connectivity index (χ4v) is 2.84. The second-order valence-corrected chi connectivity index (χ2v) is 6.08. The molecule has 1 atom stereocenters. The smallest absolute Gasteiger partial charge is 0.215 e. The van der Waals surface area contributed by atoms with Crippen molar-refractivity contribution in [3.8, 4) is 0 Å². The highest BCUT2D eigenvalue weighted by atomic mass is 79.9. The predicted octanol–water partition coefficient (Wildman–Crippen LogP) is 3.38. The first-order valence-electron chi connectivity index (χ1n) is 6.59. The summed E-state index contributed by atoms with van der Waals surface area (Å²) in [5.41, 5.74) is 1.05. The number of amidine groups is 1. The molecule has 0 saturated carbocycles. The number of aromatic amines is 1. The number of hydrogen-bond acceptors (Lipinski definition) is 2. The van der Waals surface area contributed by atoms with Gasteiger partial charge in [0.2, 0.25) is 5.84 Å². The Bertz CT molecular complexity index is 708. The van der Waals surface area contributed by atoms with Crippen LogP contribution in [-0.4, -0.2) is 27.3 Å². The molecule has 6 heteroatoms. The van der Waals surface area contributed by atoms with Gasteiger partial charge in [0.05, 0.1) is 17.7 Å². The third kappa shape index (κ3) is 2.96. The van der Waals surface area contributed by atoms with E-state index in [-0.39, 0.29) is 5.82 Å². The molecule has 4 nitrogen and oxygen atoms in total.